The van der Waals surface area contributed by atoms with Crippen molar-refractivity contribution in [2.45, 2.75) is 142 Å². The van der Waals surface area contributed by atoms with Crippen molar-refractivity contribution in [3.63, 3.8) is 0 Å². The van der Waals surface area contributed by atoms with E-state index in [1.54, 1.807) is 51.2 Å². The summed E-state index contributed by atoms with van der Waals surface area (Å²) < 4.78 is 121. The van der Waals surface area contributed by atoms with Crippen LogP contribution in [0.25, 0.3) is 11.5 Å². The SMILES string of the molecule is CCOc1ccc(C)nc1C(=O)N1CCC[C@@H](Nc2ccc(C(F)(F)F)cn2)[C@@H]1C.Cc1ccc(C(=O)N2CCC[C@@H](Nc3nnc(C(F)(F)F)s3)[C@@H]2C)c(-n2nccn2)n1.Cc1cnc(C(=O)N2CCC[C@@H](Nc3nnc(C(F)(F)F)s3)[C@@H]2C)c(-n2nccn2)c1. The first-order valence-electron chi connectivity index (χ1n) is 29.0. The van der Waals surface area contributed by atoms with E-state index < -0.39 is 34.1 Å². The van der Waals surface area contributed by atoms with Gasteiger partial charge < -0.3 is 35.4 Å². The van der Waals surface area contributed by atoms with Crippen LogP contribution in [0.5, 0.6) is 5.75 Å². The summed E-state index contributed by atoms with van der Waals surface area (Å²) in [4.78, 5) is 64.7. The zero-order valence-corrected chi connectivity index (χ0v) is 52.1. The molecule has 92 heavy (non-hydrogen) atoms. The van der Waals surface area contributed by atoms with E-state index in [2.05, 4.69) is 76.7 Å². The first kappa shape index (κ1) is 67.4. The van der Waals surface area contributed by atoms with Gasteiger partial charge in [0.15, 0.2) is 23.0 Å². The van der Waals surface area contributed by atoms with Crippen LogP contribution in [-0.4, -0.2) is 165 Å². The predicted octanol–water partition coefficient (Wildman–Crippen LogP) is 10.2. The number of halogens is 9. The normalized spacial score (nSPS) is 19.5. The number of nitrogens with one attached hydrogen (secondary N) is 3. The molecular formula is C57H63F9N20O4S2. The minimum absolute atomic E-state index is 0.0772. The molecule has 3 amide bonds. The molecule has 0 bridgehead atoms. The van der Waals surface area contributed by atoms with E-state index in [-0.39, 0.29) is 75.6 Å². The fourth-order valence-corrected chi connectivity index (χ4v) is 12.0. The molecule has 0 aliphatic carbocycles. The predicted molar refractivity (Wildman–Crippen MR) is 318 cm³/mol. The summed E-state index contributed by atoms with van der Waals surface area (Å²) in [6.07, 6.45) is -0.803. The van der Waals surface area contributed by atoms with E-state index >= 15 is 0 Å². The van der Waals surface area contributed by atoms with Crippen molar-refractivity contribution in [2.24, 2.45) is 0 Å². The summed E-state index contributed by atoms with van der Waals surface area (Å²) in [7, 11) is 0. The largest absolute Gasteiger partial charge is 0.491 e. The van der Waals surface area contributed by atoms with Crippen LogP contribution in [-0.2, 0) is 18.5 Å². The fraction of sp³-hybridized carbons (Fsp3) is 0.456. The van der Waals surface area contributed by atoms with Gasteiger partial charge in [-0.2, -0.15) is 59.9 Å². The molecule has 3 aliphatic heterocycles. The number of amides is 3. The second kappa shape index (κ2) is 28.7. The number of pyridine rings is 4. The number of hydrogen-bond donors (Lipinski definition) is 3. The Kier molecular flexibility index (Phi) is 21.0. The molecule has 0 saturated carbocycles. The molecule has 35 heteroatoms. The lowest BCUT2D eigenvalue weighted by atomic mass is 9.96. The van der Waals surface area contributed by atoms with Gasteiger partial charge >= 0.3 is 18.5 Å². The van der Waals surface area contributed by atoms with Gasteiger partial charge in [0.2, 0.25) is 20.3 Å². The molecule has 8 aromatic rings. The smallest absolute Gasteiger partial charge is 0.445 e. The molecule has 8 aromatic heterocycles. The van der Waals surface area contributed by atoms with E-state index in [1.807, 2.05) is 48.5 Å². The molecule has 0 radical (unpaired) electrons. The highest BCUT2D eigenvalue weighted by molar-refractivity contribution is 7.15. The van der Waals surface area contributed by atoms with Gasteiger partial charge in [0.1, 0.15) is 11.5 Å². The van der Waals surface area contributed by atoms with Crippen LogP contribution in [0.4, 0.5) is 55.6 Å². The number of hydrogen-bond acceptors (Lipinski definition) is 21. The maximum absolute atomic E-state index is 13.4. The number of aryl methyl sites for hydroxylation is 3. The Morgan fingerprint density at radius 3 is 1.54 bits per heavy atom. The zero-order chi connectivity index (χ0) is 66.2. The molecule has 11 rings (SSSR count). The third-order valence-electron chi connectivity index (χ3n) is 15.3. The molecule has 0 aromatic carbocycles. The lowest BCUT2D eigenvalue weighted by Crippen LogP contribution is -2.52. The third kappa shape index (κ3) is 16.2. The summed E-state index contributed by atoms with van der Waals surface area (Å²) >= 11 is 0.902. The Morgan fingerprint density at radius 1 is 0.565 bits per heavy atom. The Hall–Kier alpha value is -9.02. The minimum Gasteiger partial charge on any atom is -0.491 e. The molecule has 24 nitrogen and oxygen atoms in total. The zero-order valence-electron chi connectivity index (χ0n) is 50.5. The van der Waals surface area contributed by atoms with Gasteiger partial charge in [-0.3, -0.25) is 14.4 Å². The first-order chi connectivity index (χ1) is 43.7. The molecule has 11 heterocycles. The number of anilines is 3. The van der Waals surface area contributed by atoms with E-state index in [9.17, 15) is 53.9 Å². The van der Waals surface area contributed by atoms with E-state index in [4.69, 9.17) is 4.74 Å². The number of nitrogens with zero attached hydrogens (tertiary/aromatic N) is 17. The molecule has 6 atom stereocenters. The van der Waals surface area contributed by atoms with Crippen molar-refractivity contribution >= 4 is 56.5 Å². The fourth-order valence-electron chi connectivity index (χ4n) is 10.6. The van der Waals surface area contributed by atoms with Gasteiger partial charge in [0.05, 0.1) is 42.5 Å². The van der Waals surface area contributed by atoms with Crippen LogP contribution in [0, 0.1) is 20.8 Å². The highest BCUT2D eigenvalue weighted by atomic mass is 32.1. The van der Waals surface area contributed by atoms with Crippen molar-refractivity contribution in [3.8, 4) is 17.3 Å². The summed E-state index contributed by atoms with van der Waals surface area (Å²) in [5, 5.41) is 37.3. The number of alkyl halides is 9. The number of piperidine rings is 3. The van der Waals surface area contributed by atoms with Crippen LogP contribution < -0.4 is 20.7 Å². The number of carbonyl (C=O) groups excluding carboxylic acids is 3. The maximum atomic E-state index is 13.4. The van der Waals surface area contributed by atoms with Gasteiger partial charge in [-0.1, -0.05) is 22.7 Å². The van der Waals surface area contributed by atoms with Gasteiger partial charge in [0, 0.05) is 79.7 Å². The van der Waals surface area contributed by atoms with Crippen molar-refractivity contribution < 1.29 is 58.6 Å². The number of carbonyl (C=O) groups is 3. The number of ether oxygens (including phenoxy) is 1. The van der Waals surface area contributed by atoms with Gasteiger partial charge in [-0.15, -0.1) is 30.0 Å². The second-order valence-electron chi connectivity index (χ2n) is 21.7. The van der Waals surface area contributed by atoms with Crippen LogP contribution in [0.15, 0.2) is 79.6 Å². The summed E-state index contributed by atoms with van der Waals surface area (Å²) in [6, 6.07) is 9.57. The highest BCUT2D eigenvalue weighted by Crippen LogP contribution is 2.37. The van der Waals surface area contributed by atoms with E-state index in [0.717, 1.165) is 36.4 Å². The van der Waals surface area contributed by atoms with Gasteiger partial charge in [-0.05, 0) is 135 Å². The highest BCUT2D eigenvalue weighted by Gasteiger charge is 2.41. The van der Waals surface area contributed by atoms with Crippen molar-refractivity contribution in [1.82, 2.24) is 85.0 Å². The lowest BCUT2D eigenvalue weighted by molar-refractivity contribution is -0.138. The number of likely N-dealkylation sites (tertiary alicyclic amines) is 3. The minimum atomic E-state index is -4.54. The first-order valence-corrected chi connectivity index (χ1v) is 30.7. The Bertz CT molecular complexity index is 3630. The molecule has 3 fully saturated rings. The Morgan fingerprint density at radius 2 is 1.05 bits per heavy atom. The van der Waals surface area contributed by atoms with Crippen LogP contribution in [0.1, 0.15) is 130 Å². The maximum Gasteiger partial charge on any atom is 0.445 e. The van der Waals surface area contributed by atoms with Gasteiger partial charge in [0.25, 0.3) is 17.7 Å². The van der Waals surface area contributed by atoms with E-state index in [0.29, 0.717) is 109 Å². The molecular weight excluding hydrogens is 1260 g/mol. The van der Waals surface area contributed by atoms with Crippen molar-refractivity contribution in [3.05, 3.63) is 129 Å². The average Bonchev–Trinajstić information content (AvgIpc) is 0.997. The quantitative estimate of drug-likeness (QED) is 0.0906. The van der Waals surface area contributed by atoms with Crippen molar-refractivity contribution in [2.75, 3.05) is 42.2 Å². The Balaban J connectivity index is 0.000000163. The third-order valence-corrected chi connectivity index (χ3v) is 17.1. The van der Waals surface area contributed by atoms with Crippen molar-refractivity contribution in [1.29, 1.82) is 0 Å². The lowest BCUT2D eigenvalue weighted by Gasteiger charge is -2.40. The Labute approximate surface area is 528 Å². The molecule has 0 unspecified atom stereocenters. The monoisotopic (exact) mass is 1330 g/mol. The molecule has 3 saturated heterocycles. The van der Waals surface area contributed by atoms with Crippen LogP contribution in [0.2, 0.25) is 0 Å². The molecule has 3 N–H and O–H groups in total. The van der Waals surface area contributed by atoms with Crippen LogP contribution in [0.3, 0.4) is 0 Å². The summed E-state index contributed by atoms with van der Waals surface area (Å²) in [5.74, 6) is 0.363. The molecule has 3 aliphatic rings. The summed E-state index contributed by atoms with van der Waals surface area (Å²) in [5.41, 5.74) is 2.80. The number of rotatable bonds is 13. The molecule has 490 valence electrons. The topological polar surface area (TPSA) is 271 Å². The molecule has 0 spiro atoms. The second-order valence-corrected chi connectivity index (χ2v) is 23.7. The average molecular weight is 1330 g/mol. The van der Waals surface area contributed by atoms with E-state index in [1.165, 1.54) is 40.4 Å². The van der Waals surface area contributed by atoms with Gasteiger partial charge in [-0.25, -0.2) is 19.9 Å². The summed E-state index contributed by atoms with van der Waals surface area (Å²) in [6.45, 7) is 14.9. The standard InChI is InChI=1S/C21H25F3N4O2.2C18H19F3N8OS/c1-4-30-17-9-7-13(2)26-19(17)20(29)28-11-5-6-16(14(28)3)27-18-10-8-15(12-25-18)21(22,23)24;1-10-5-6-12(14(24-10)29-22-7-8-23-29)15(30)28-9-3-4-13(11(28)2)25-17-27-26-16(31-17)18(19,20)21;1-10-8-13(29-23-5-6-24-29)14(22-9-10)15(30)28-7-3-4-12(11(28)2)25-17-27-26-16(31-17)18(19,20)21/h7-10,12,14,16H,4-6,11H2,1-3H3,(H,25,27);5-8,11,13H,3-4,9H2,1-2H3,(H,25,27);5-6,8-9,11-12H,3-4,7H2,1-2H3,(H,25,27)/t14-,16+;11-,13+;11-,12+/m000/s1. The van der Waals surface area contributed by atoms with Crippen LogP contribution >= 0.6 is 22.7 Å². The number of aromatic nitrogens is 14.